The van der Waals surface area contributed by atoms with Gasteiger partial charge in [0.25, 0.3) is 0 Å². The van der Waals surface area contributed by atoms with Crippen LogP contribution in [0.2, 0.25) is 5.02 Å². The molecule has 76 valence electrons. The maximum absolute atomic E-state index is 10.3. The number of carboxylic acids is 1. The summed E-state index contributed by atoms with van der Waals surface area (Å²) in [5.41, 5.74) is 0.856. The minimum absolute atomic E-state index is 0.180. The molecule has 0 heterocycles. The van der Waals surface area contributed by atoms with Crippen LogP contribution in [0.3, 0.4) is 0 Å². The van der Waals surface area contributed by atoms with Gasteiger partial charge in [0.1, 0.15) is 0 Å². The number of carbonyl (C=O) groups is 1. The fourth-order valence-electron chi connectivity index (χ4n) is 1.12. The van der Waals surface area contributed by atoms with Crippen molar-refractivity contribution < 1.29 is 15.0 Å². The van der Waals surface area contributed by atoms with Crippen molar-refractivity contribution in [2.24, 2.45) is 0 Å². The van der Waals surface area contributed by atoms with Crippen molar-refractivity contribution in [1.82, 2.24) is 0 Å². The summed E-state index contributed by atoms with van der Waals surface area (Å²) in [6, 6.07) is 7.19. The second-order valence-electron chi connectivity index (χ2n) is 2.98. The van der Waals surface area contributed by atoms with Crippen LogP contribution in [0.4, 0.5) is 0 Å². The van der Waals surface area contributed by atoms with E-state index in [-0.39, 0.29) is 6.42 Å². The Bertz CT molecular complexity index is 325. The average Bonchev–Trinajstić information content (AvgIpc) is 2.16. The highest BCUT2D eigenvalue weighted by molar-refractivity contribution is 6.31. The predicted molar refractivity (Wildman–Crippen MR) is 53.4 cm³/mol. The second-order valence-corrected chi connectivity index (χ2v) is 3.39. The van der Waals surface area contributed by atoms with Crippen molar-refractivity contribution in [2.75, 3.05) is 0 Å². The predicted octanol–water partition coefficient (Wildman–Crippen LogP) is 1.72. The Labute approximate surface area is 86.9 Å². The Morgan fingerprint density at radius 1 is 1.43 bits per heavy atom. The smallest absolute Gasteiger partial charge is 0.332 e. The number of halogens is 1. The summed E-state index contributed by atoms with van der Waals surface area (Å²) in [6.07, 6.45) is -0.669. The highest BCUT2D eigenvalue weighted by Gasteiger charge is 2.13. The van der Waals surface area contributed by atoms with Gasteiger partial charge < -0.3 is 10.2 Å². The summed E-state index contributed by atoms with van der Waals surface area (Å²) >= 11 is 5.86. The summed E-state index contributed by atoms with van der Waals surface area (Å²) in [6.45, 7) is 0. The molecule has 0 aliphatic rings. The lowest BCUT2D eigenvalue weighted by Crippen LogP contribution is -2.19. The fourth-order valence-corrected chi connectivity index (χ4v) is 1.35. The maximum Gasteiger partial charge on any atom is 0.332 e. The SMILES string of the molecule is O=C(O)[C@@H](O)CCc1ccccc1Cl. The van der Waals surface area contributed by atoms with Gasteiger partial charge in [-0.05, 0) is 24.5 Å². The van der Waals surface area contributed by atoms with Crippen molar-refractivity contribution >= 4 is 17.6 Å². The van der Waals surface area contributed by atoms with Crippen LogP contribution in [0, 0.1) is 0 Å². The van der Waals surface area contributed by atoms with Gasteiger partial charge >= 0.3 is 5.97 Å². The quantitative estimate of drug-likeness (QED) is 0.803. The molecule has 1 rings (SSSR count). The molecule has 14 heavy (non-hydrogen) atoms. The van der Waals surface area contributed by atoms with E-state index in [2.05, 4.69) is 0 Å². The van der Waals surface area contributed by atoms with Gasteiger partial charge in [-0.1, -0.05) is 29.8 Å². The van der Waals surface area contributed by atoms with E-state index in [0.29, 0.717) is 11.4 Å². The second kappa shape index (κ2) is 4.98. The number of carboxylic acid groups (broad SMARTS) is 1. The molecule has 1 aromatic rings. The fraction of sp³-hybridized carbons (Fsp3) is 0.300. The Balaban J connectivity index is 2.54. The minimum atomic E-state index is -1.31. The van der Waals surface area contributed by atoms with Gasteiger partial charge in [0.15, 0.2) is 6.10 Å². The first kappa shape index (κ1) is 11.0. The lowest BCUT2D eigenvalue weighted by molar-refractivity contribution is -0.146. The van der Waals surface area contributed by atoms with Crippen LogP contribution in [-0.2, 0) is 11.2 Å². The highest BCUT2D eigenvalue weighted by Crippen LogP contribution is 2.17. The first-order chi connectivity index (χ1) is 6.61. The zero-order valence-corrected chi connectivity index (χ0v) is 8.24. The molecule has 0 saturated carbocycles. The number of rotatable bonds is 4. The number of benzene rings is 1. The molecule has 0 aliphatic carbocycles. The third-order valence-electron chi connectivity index (χ3n) is 1.93. The standard InChI is InChI=1S/C10H11ClO3/c11-8-4-2-1-3-7(8)5-6-9(12)10(13)14/h1-4,9,12H,5-6H2,(H,13,14)/t9-/m0/s1. The van der Waals surface area contributed by atoms with E-state index in [1.165, 1.54) is 0 Å². The Kier molecular flexibility index (Phi) is 3.92. The average molecular weight is 215 g/mol. The summed E-state index contributed by atoms with van der Waals surface area (Å²) < 4.78 is 0. The molecule has 4 heteroatoms. The monoisotopic (exact) mass is 214 g/mol. The number of aliphatic hydroxyl groups excluding tert-OH is 1. The molecule has 0 aromatic heterocycles. The summed E-state index contributed by atoms with van der Waals surface area (Å²) in [4.78, 5) is 10.3. The summed E-state index contributed by atoms with van der Waals surface area (Å²) in [7, 11) is 0. The normalized spacial score (nSPS) is 12.4. The van der Waals surface area contributed by atoms with E-state index in [1.54, 1.807) is 12.1 Å². The van der Waals surface area contributed by atoms with E-state index < -0.39 is 12.1 Å². The molecule has 3 nitrogen and oxygen atoms in total. The van der Waals surface area contributed by atoms with Gasteiger partial charge in [-0.15, -0.1) is 0 Å². The molecule has 0 fully saturated rings. The third kappa shape index (κ3) is 3.01. The Hall–Kier alpha value is -1.06. The number of hydrogen-bond acceptors (Lipinski definition) is 2. The minimum Gasteiger partial charge on any atom is -0.479 e. The van der Waals surface area contributed by atoms with E-state index >= 15 is 0 Å². The van der Waals surface area contributed by atoms with Crippen LogP contribution < -0.4 is 0 Å². The first-order valence-electron chi connectivity index (χ1n) is 4.25. The lowest BCUT2D eigenvalue weighted by atomic mass is 10.1. The van der Waals surface area contributed by atoms with Crippen LogP contribution in [0.5, 0.6) is 0 Å². The molecule has 0 radical (unpaired) electrons. The molecular weight excluding hydrogens is 204 g/mol. The van der Waals surface area contributed by atoms with Crippen molar-refractivity contribution in [3.05, 3.63) is 34.9 Å². The molecule has 0 unspecified atom stereocenters. The zero-order chi connectivity index (χ0) is 10.6. The number of hydrogen-bond donors (Lipinski definition) is 2. The topological polar surface area (TPSA) is 57.5 Å². The van der Waals surface area contributed by atoms with Gasteiger partial charge in [0.2, 0.25) is 0 Å². The maximum atomic E-state index is 10.3. The Morgan fingerprint density at radius 2 is 2.07 bits per heavy atom. The zero-order valence-electron chi connectivity index (χ0n) is 7.48. The summed E-state index contributed by atoms with van der Waals surface area (Å²) in [5.74, 6) is -1.20. The van der Waals surface area contributed by atoms with E-state index in [9.17, 15) is 4.79 Å². The number of aliphatic carboxylic acids is 1. The van der Waals surface area contributed by atoms with Gasteiger partial charge in [0.05, 0.1) is 0 Å². The number of aliphatic hydroxyl groups is 1. The molecular formula is C10H11ClO3. The number of aryl methyl sites for hydroxylation is 1. The van der Waals surface area contributed by atoms with E-state index in [1.807, 2.05) is 12.1 Å². The Morgan fingerprint density at radius 3 is 2.64 bits per heavy atom. The van der Waals surface area contributed by atoms with Crippen LogP contribution >= 0.6 is 11.6 Å². The highest BCUT2D eigenvalue weighted by atomic mass is 35.5. The molecule has 1 atom stereocenters. The molecule has 0 spiro atoms. The van der Waals surface area contributed by atoms with Gasteiger partial charge in [-0.2, -0.15) is 0 Å². The first-order valence-corrected chi connectivity index (χ1v) is 4.63. The van der Waals surface area contributed by atoms with Crippen LogP contribution in [0.25, 0.3) is 0 Å². The van der Waals surface area contributed by atoms with Crippen molar-refractivity contribution in [3.63, 3.8) is 0 Å². The van der Waals surface area contributed by atoms with Crippen LogP contribution in [-0.4, -0.2) is 22.3 Å². The van der Waals surface area contributed by atoms with Crippen molar-refractivity contribution in [1.29, 1.82) is 0 Å². The molecule has 0 bridgehead atoms. The lowest BCUT2D eigenvalue weighted by Gasteiger charge is -2.06. The van der Waals surface area contributed by atoms with Gasteiger partial charge in [0, 0.05) is 5.02 Å². The largest absolute Gasteiger partial charge is 0.479 e. The third-order valence-corrected chi connectivity index (χ3v) is 2.30. The van der Waals surface area contributed by atoms with E-state index in [4.69, 9.17) is 21.8 Å². The van der Waals surface area contributed by atoms with Crippen molar-refractivity contribution in [2.45, 2.75) is 18.9 Å². The molecule has 0 saturated heterocycles. The van der Waals surface area contributed by atoms with Gasteiger partial charge in [-0.3, -0.25) is 0 Å². The molecule has 1 aromatic carbocycles. The van der Waals surface area contributed by atoms with Crippen molar-refractivity contribution in [3.8, 4) is 0 Å². The van der Waals surface area contributed by atoms with E-state index in [0.717, 1.165) is 5.56 Å². The van der Waals surface area contributed by atoms with Crippen LogP contribution in [0.1, 0.15) is 12.0 Å². The van der Waals surface area contributed by atoms with Crippen LogP contribution in [0.15, 0.2) is 24.3 Å². The molecule has 2 N–H and O–H groups in total. The summed E-state index contributed by atoms with van der Waals surface area (Å²) in [5, 5.41) is 18.1. The molecule has 0 aliphatic heterocycles. The molecule has 0 amide bonds. The van der Waals surface area contributed by atoms with Gasteiger partial charge in [-0.25, -0.2) is 4.79 Å².